The Labute approximate surface area is 122 Å². The summed E-state index contributed by atoms with van der Waals surface area (Å²) in [7, 11) is -3.57. The van der Waals surface area contributed by atoms with Gasteiger partial charge in [0.25, 0.3) is 0 Å². The molecule has 0 unspecified atom stereocenters. The van der Waals surface area contributed by atoms with Crippen molar-refractivity contribution < 1.29 is 18.3 Å². The van der Waals surface area contributed by atoms with E-state index in [9.17, 15) is 13.2 Å². The van der Waals surface area contributed by atoms with Crippen molar-refractivity contribution in [2.45, 2.75) is 19.2 Å². The molecule has 1 aromatic carbocycles. The van der Waals surface area contributed by atoms with E-state index in [-0.39, 0.29) is 11.3 Å². The molecule has 0 saturated heterocycles. The van der Waals surface area contributed by atoms with Crippen molar-refractivity contribution in [2.24, 2.45) is 0 Å². The van der Waals surface area contributed by atoms with Crippen LogP contribution in [0.25, 0.3) is 0 Å². The molecule has 1 heterocycles. The first kappa shape index (κ1) is 15.0. The third-order valence-electron chi connectivity index (χ3n) is 2.79. The molecule has 8 heteroatoms. The number of benzene rings is 1. The first-order valence-corrected chi connectivity index (χ1v) is 7.90. The molecular weight excluding hydrogens is 294 g/mol. The second kappa shape index (κ2) is 5.96. The Kier molecular flexibility index (Phi) is 4.27. The normalized spacial score (nSPS) is 11.3. The summed E-state index contributed by atoms with van der Waals surface area (Å²) >= 11 is 0. The lowest BCUT2D eigenvalue weighted by molar-refractivity contribution is 0.0697. The fraction of sp³-hybridized carbons (Fsp3) is 0.231. The summed E-state index contributed by atoms with van der Waals surface area (Å²) in [6.45, 7) is 2.55. The van der Waals surface area contributed by atoms with Gasteiger partial charge in [0.15, 0.2) is 0 Å². The standard InChI is InChI=1S/C13H15N3O4S/c1-2-16-8-12(7-14-16)15-21(19,20)9-10-3-5-11(6-4-10)13(17)18/h3-8,15H,2,9H2,1H3,(H,17,18). The van der Waals surface area contributed by atoms with Crippen LogP contribution in [0.4, 0.5) is 5.69 Å². The second-order valence-corrected chi connectivity index (χ2v) is 6.17. The molecule has 0 bridgehead atoms. The number of nitrogens with one attached hydrogen (secondary N) is 1. The Hall–Kier alpha value is -2.35. The van der Waals surface area contributed by atoms with Gasteiger partial charge in [-0.15, -0.1) is 0 Å². The molecule has 0 amide bonds. The molecule has 21 heavy (non-hydrogen) atoms. The topological polar surface area (TPSA) is 101 Å². The lowest BCUT2D eigenvalue weighted by atomic mass is 10.1. The summed E-state index contributed by atoms with van der Waals surface area (Å²) in [4.78, 5) is 10.7. The van der Waals surface area contributed by atoms with Crippen molar-refractivity contribution in [3.63, 3.8) is 0 Å². The Morgan fingerprint density at radius 2 is 2.00 bits per heavy atom. The zero-order chi connectivity index (χ0) is 15.5. The highest BCUT2D eigenvalue weighted by Crippen LogP contribution is 2.13. The summed E-state index contributed by atoms with van der Waals surface area (Å²) in [5, 5.41) is 12.8. The van der Waals surface area contributed by atoms with Gasteiger partial charge >= 0.3 is 5.97 Å². The maximum atomic E-state index is 12.0. The maximum Gasteiger partial charge on any atom is 0.335 e. The molecule has 0 fully saturated rings. The molecule has 0 atom stereocenters. The summed E-state index contributed by atoms with van der Waals surface area (Å²) in [5.41, 5.74) is 1.03. The molecule has 0 aliphatic rings. The molecule has 2 rings (SSSR count). The fourth-order valence-corrected chi connectivity index (χ4v) is 2.94. The highest BCUT2D eigenvalue weighted by Gasteiger charge is 2.13. The van der Waals surface area contributed by atoms with Crippen LogP contribution < -0.4 is 4.72 Å². The first-order chi connectivity index (χ1) is 9.89. The first-order valence-electron chi connectivity index (χ1n) is 6.25. The van der Waals surface area contributed by atoms with Gasteiger partial charge in [-0.25, -0.2) is 13.2 Å². The number of anilines is 1. The van der Waals surface area contributed by atoms with Gasteiger partial charge in [0.2, 0.25) is 10.0 Å². The number of aromatic nitrogens is 2. The average molecular weight is 309 g/mol. The van der Waals surface area contributed by atoms with Crippen LogP contribution in [0, 0.1) is 0 Å². The highest BCUT2D eigenvalue weighted by molar-refractivity contribution is 7.91. The maximum absolute atomic E-state index is 12.0. The van der Waals surface area contributed by atoms with Gasteiger partial charge in [-0.1, -0.05) is 12.1 Å². The van der Waals surface area contributed by atoms with Crippen LogP contribution in [0.3, 0.4) is 0 Å². The van der Waals surface area contributed by atoms with E-state index in [0.29, 0.717) is 17.8 Å². The summed E-state index contributed by atoms with van der Waals surface area (Å²) in [6.07, 6.45) is 3.04. The number of hydrogen-bond acceptors (Lipinski definition) is 4. The van der Waals surface area contributed by atoms with Crippen LogP contribution in [0.1, 0.15) is 22.8 Å². The molecule has 0 saturated carbocycles. The number of hydrogen-bond donors (Lipinski definition) is 2. The minimum Gasteiger partial charge on any atom is -0.478 e. The highest BCUT2D eigenvalue weighted by atomic mass is 32.2. The van der Waals surface area contributed by atoms with Gasteiger partial charge in [0, 0.05) is 12.7 Å². The van der Waals surface area contributed by atoms with Crippen LogP contribution in [0.15, 0.2) is 36.7 Å². The Morgan fingerprint density at radius 1 is 1.33 bits per heavy atom. The SMILES string of the molecule is CCn1cc(NS(=O)(=O)Cc2ccc(C(=O)O)cc2)cn1. The smallest absolute Gasteiger partial charge is 0.335 e. The van der Waals surface area contributed by atoms with E-state index in [1.54, 1.807) is 10.9 Å². The predicted octanol–water partition coefficient (Wildman–Crippen LogP) is 1.54. The van der Waals surface area contributed by atoms with Gasteiger partial charge in [-0.3, -0.25) is 9.40 Å². The van der Waals surface area contributed by atoms with E-state index < -0.39 is 16.0 Å². The largest absolute Gasteiger partial charge is 0.478 e. The molecule has 0 spiro atoms. The van der Waals surface area contributed by atoms with Gasteiger partial charge in [-0.2, -0.15) is 5.10 Å². The third-order valence-corrected chi connectivity index (χ3v) is 4.05. The zero-order valence-electron chi connectivity index (χ0n) is 11.4. The number of aryl methyl sites for hydroxylation is 1. The van der Waals surface area contributed by atoms with Crippen LogP contribution in [-0.2, 0) is 22.3 Å². The Balaban J connectivity index is 2.08. The van der Waals surface area contributed by atoms with Gasteiger partial charge in [-0.05, 0) is 24.6 Å². The van der Waals surface area contributed by atoms with Crippen LogP contribution in [0.5, 0.6) is 0 Å². The van der Waals surface area contributed by atoms with Crippen LogP contribution in [-0.4, -0.2) is 29.3 Å². The minimum absolute atomic E-state index is 0.119. The third kappa shape index (κ3) is 4.06. The monoisotopic (exact) mass is 309 g/mol. The zero-order valence-corrected chi connectivity index (χ0v) is 12.2. The number of aromatic carboxylic acids is 1. The van der Waals surface area contributed by atoms with E-state index in [2.05, 4.69) is 9.82 Å². The number of rotatable bonds is 6. The van der Waals surface area contributed by atoms with Gasteiger partial charge in [0.05, 0.1) is 23.2 Å². The fourth-order valence-electron chi connectivity index (χ4n) is 1.77. The van der Waals surface area contributed by atoms with Gasteiger partial charge < -0.3 is 5.11 Å². The number of carboxylic acids is 1. The van der Waals surface area contributed by atoms with Crippen molar-refractivity contribution in [1.82, 2.24) is 9.78 Å². The quantitative estimate of drug-likeness (QED) is 0.843. The number of nitrogens with zero attached hydrogens (tertiary/aromatic N) is 2. The molecule has 2 N–H and O–H groups in total. The summed E-state index contributed by atoms with van der Waals surface area (Å²) in [6, 6.07) is 5.72. The summed E-state index contributed by atoms with van der Waals surface area (Å²) in [5.74, 6) is -1.28. The Bertz CT molecular complexity index is 735. The molecular formula is C13H15N3O4S. The van der Waals surface area contributed by atoms with Crippen LogP contribution in [0.2, 0.25) is 0 Å². The lowest BCUT2D eigenvalue weighted by Gasteiger charge is -2.06. The number of sulfonamides is 1. The molecule has 2 aromatic rings. The number of carboxylic acid groups (broad SMARTS) is 1. The minimum atomic E-state index is -3.57. The molecule has 1 aromatic heterocycles. The van der Waals surface area contributed by atoms with E-state index >= 15 is 0 Å². The average Bonchev–Trinajstić information content (AvgIpc) is 2.85. The Morgan fingerprint density at radius 3 is 2.52 bits per heavy atom. The number of carbonyl (C=O) groups is 1. The molecule has 0 aliphatic carbocycles. The summed E-state index contributed by atoms with van der Waals surface area (Å²) < 4.78 is 28.1. The molecule has 7 nitrogen and oxygen atoms in total. The van der Waals surface area contributed by atoms with Crippen LogP contribution >= 0.6 is 0 Å². The molecule has 112 valence electrons. The second-order valence-electron chi connectivity index (χ2n) is 4.45. The lowest BCUT2D eigenvalue weighted by Crippen LogP contribution is -2.14. The predicted molar refractivity (Wildman–Crippen MR) is 77.5 cm³/mol. The van der Waals surface area contributed by atoms with E-state index in [1.807, 2.05) is 6.92 Å². The van der Waals surface area contributed by atoms with E-state index in [1.165, 1.54) is 30.5 Å². The van der Waals surface area contributed by atoms with Gasteiger partial charge in [0.1, 0.15) is 0 Å². The van der Waals surface area contributed by atoms with Crippen molar-refractivity contribution in [3.8, 4) is 0 Å². The molecule has 0 radical (unpaired) electrons. The van der Waals surface area contributed by atoms with E-state index in [4.69, 9.17) is 5.11 Å². The van der Waals surface area contributed by atoms with Crippen molar-refractivity contribution in [2.75, 3.05) is 4.72 Å². The van der Waals surface area contributed by atoms with Crippen molar-refractivity contribution >= 4 is 21.7 Å². The van der Waals surface area contributed by atoms with Crippen molar-refractivity contribution in [1.29, 1.82) is 0 Å². The van der Waals surface area contributed by atoms with Crippen molar-refractivity contribution in [3.05, 3.63) is 47.8 Å². The van der Waals surface area contributed by atoms with E-state index in [0.717, 1.165) is 0 Å². The molecule has 0 aliphatic heterocycles.